The van der Waals surface area contributed by atoms with Crippen LogP contribution in [0, 0.1) is 6.92 Å². The van der Waals surface area contributed by atoms with E-state index in [4.69, 9.17) is 9.47 Å². The Labute approximate surface area is 148 Å². The van der Waals surface area contributed by atoms with Crippen molar-refractivity contribution in [2.45, 2.75) is 45.1 Å². The molecule has 25 heavy (non-hydrogen) atoms. The maximum Gasteiger partial charge on any atom is 0.257 e. The molecule has 0 saturated heterocycles. The third-order valence-electron chi connectivity index (χ3n) is 4.67. The molecule has 0 aliphatic rings. The predicted molar refractivity (Wildman–Crippen MR) is 98.3 cm³/mol. The molecule has 0 spiro atoms. The Morgan fingerprint density at radius 1 is 1.20 bits per heavy atom. The zero-order valence-corrected chi connectivity index (χ0v) is 15.5. The van der Waals surface area contributed by atoms with Gasteiger partial charge in [0.05, 0.1) is 6.04 Å². The maximum absolute atomic E-state index is 13.0. The van der Waals surface area contributed by atoms with Crippen molar-refractivity contribution in [1.29, 1.82) is 0 Å². The van der Waals surface area contributed by atoms with Gasteiger partial charge in [0.2, 0.25) is 0 Å². The number of aliphatic hydroxyl groups is 1. The van der Waals surface area contributed by atoms with E-state index in [1.54, 1.807) is 13.8 Å². The second-order valence-corrected chi connectivity index (χ2v) is 6.29. The van der Waals surface area contributed by atoms with Gasteiger partial charge in [-0.3, -0.25) is 4.79 Å². The summed E-state index contributed by atoms with van der Waals surface area (Å²) in [6.07, 6.45) is -0.330. The molecule has 2 rings (SSSR count). The van der Waals surface area contributed by atoms with Gasteiger partial charge in [0.25, 0.3) is 5.91 Å². The minimum atomic E-state index is -1.63. The quantitative estimate of drug-likeness (QED) is 0.757. The summed E-state index contributed by atoms with van der Waals surface area (Å²) in [5.41, 5.74) is -0.115. The van der Waals surface area contributed by atoms with Crippen LogP contribution in [0.25, 0.3) is 10.8 Å². The number of methoxy groups -OCH3 is 2. The Morgan fingerprint density at radius 2 is 1.84 bits per heavy atom. The highest BCUT2D eigenvalue weighted by molar-refractivity contribution is 5.95. The van der Waals surface area contributed by atoms with Gasteiger partial charge in [-0.2, -0.15) is 0 Å². The van der Waals surface area contributed by atoms with E-state index in [2.05, 4.69) is 5.32 Å². The fraction of sp³-hybridized carbons (Fsp3) is 0.450. The highest BCUT2D eigenvalue weighted by Crippen LogP contribution is 2.34. The summed E-state index contributed by atoms with van der Waals surface area (Å²) < 4.78 is 10.4. The molecule has 2 unspecified atom stereocenters. The highest BCUT2D eigenvalue weighted by Gasteiger charge is 2.39. The molecule has 0 aromatic heterocycles. The van der Waals surface area contributed by atoms with Crippen LogP contribution in [0.3, 0.4) is 0 Å². The van der Waals surface area contributed by atoms with Crippen molar-refractivity contribution >= 4 is 16.7 Å². The van der Waals surface area contributed by atoms with Crippen LogP contribution in [-0.4, -0.2) is 37.6 Å². The van der Waals surface area contributed by atoms with Gasteiger partial charge in [0.15, 0.2) is 11.9 Å². The molecule has 0 bridgehead atoms. The van der Waals surface area contributed by atoms with Crippen molar-refractivity contribution in [3.05, 3.63) is 47.5 Å². The highest BCUT2D eigenvalue weighted by atomic mass is 16.7. The smallest absolute Gasteiger partial charge is 0.257 e. The second-order valence-electron chi connectivity index (χ2n) is 6.29. The molecular formula is C20H27NO4. The van der Waals surface area contributed by atoms with Crippen LogP contribution in [-0.2, 0) is 19.9 Å². The van der Waals surface area contributed by atoms with Gasteiger partial charge in [-0.1, -0.05) is 43.3 Å². The van der Waals surface area contributed by atoms with E-state index in [9.17, 15) is 9.90 Å². The lowest BCUT2D eigenvalue weighted by molar-refractivity contribution is -0.151. The Balaban J connectivity index is 2.47. The number of ether oxygens (including phenoxy) is 2. The van der Waals surface area contributed by atoms with Crippen molar-refractivity contribution < 1.29 is 19.4 Å². The molecular weight excluding hydrogens is 318 g/mol. The molecule has 2 aromatic carbocycles. The molecule has 2 aromatic rings. The lowest BCUT2D eigenvalue weighted by atomic mass is 9.83. The second kappa shape index (κ2) is 7.95. The lowest BCUT2D eigenvalue weighted by Gasteiger charge is -2.32. The number of nitrogens with one attached hydrogen (secondary N) is 1. The summed E-state index contributed by atoms with van der Waals surface area (Å²) in [7, 11) is 3.02. The Kier molecular flexibility index (Phi) is 6.16. The van der Waals surface area contributed by atoms with Crippen LogP contribution in [0.15, 0.2) is 36.4 Å². The molecule has 2 N–H and O–H groups in total. The number of carbonyl (C=O) groups excluding carboxylic acids is 1. The van der Waals surface area contributed by atoms with Crippen molar-refractivity contribution in [3.8, 4) is 0 Å². The SMILES string of the molecule is CCC(O)(C(=O)NC(C)C(OC)OC)c1c(C)ccc2ccccc12. The number of aryl methyl sites for hydroxylation is 1. The van der Waals surface area contributed by atoms with Crippen molar-refractivity contribution in [3.63, 3.8) is 0 Å². The average Bonchev–Trinajstić information content (AvgIpc) is 2.61. The van der Waals surface area contributed by atoms with Gasteiger partial charge in [-0.05, 0) is 36.6 Å². The first kappa shape index (κ1) is 19.4. The van der Waals surface area contributed by atoms with Crippen LogP contribution in [0.2, 0.25) is 0 Å². The van der Waals surface area contributed by atoms with Crippen LogP contribution >= 0.6 is 0 Å². The Bertz CT molecular complexity index is 742. The number of fused-ring (bicyclic) bond motifs is 1. The first-order valence-corrected chi connectivity index (χ1v) is 8.46. The van der Waals surface area contributed by atoms with Gasteiger partial charge in [-0.25, -0.2) is 0 Å². The van der Waals surface area contributed by atoms with Crippen LogP contribution in [0.5, 0.6) is 0 Å². The average molecular weight is 345 g/mol. The summed E-state index contributed by atoms with van der Waals surface area (Å²) >= 11 is 0. The third-order valence-corrected chi connectivity index (χ3v) is 4.67. The minimum Gasteiger partial charge on any atom is -0.375 e. The summed E-state index contributed by atoms with van der Waals surface area (Å²) in [6.45, 7) is 5.49. The summed E-state index contributed by atoms with van der Waals surface area (Å²) in [5, 5.41) is 16.0. The first-order chi connectivity index (χ1) is 11.9. The van der Waals surface area contributed by atoms with Crippen molar-refractivity contribution in [1.82, 2.24) is 5.32 Å². The first-order valence-electron chi connectivity index (χ1n) is 8.46. The van der Waals surface area contributed by atoms with E-state index in [0.29, 0.717) is 5.56 Å². The number of hydrogen-bond donors (Lipinski definition) is 2. The molecule has 0 aliphatic carbocycles. The van der Waals surface area contributed by atoms with Crippen LogP contribution in [0.4, 0.5) is 0 Å². The predicted octanol–water partition coefficient (Wildman–Crippen LogP) is 2.87. The lowest BCUT2D eigenvalue weighted by Crippen LogP contribution is -2.51. The molecule has 0 aliphatic heterocycles. The van der Waals surface area contributed by atoms with Gasteiger partial charge < -0.3 is 19.9 Å². The van der Waals surface area contributed by atoms with Gasteiger partial charge >= 0.3 is 0 Å². The topological polar surface area (TPSA) is 67.8 Å². The molecule has 136 valence electrons. The van der Waals surface area contributed by atoms with E-state index in [1.165, 1.54) is 14.2 Å². The standard InChI is InChI=1S/C20H27NO4/c1-6-20(23,19(22)21-14(3)18(24-4)25-5)17-13(2)11-12-15-9-7-8-10-16(15)17/h7-12,14,18,23H,6H2,1-5H3,(H,21,22). The third kappa shape index (κ3) is 3.68. The van der Waals surface area contributed by atoms with E-state index < -0.39 is 23.8 Å². The van der Waals surface area contributed by atoms with Crippen LogP contribution < -0.4 is 5.32 Å². The van der Waals surface area contributed by atoms with Crippen molar-refractivity contribution in [2.75, 3.05) is 14.2 Å². The maximum atomic E-state index is 13.0. The Morgan fingerprint density at radius 3 is 2.44 bits per heavy atom. The molecule has 5 heteroatoms. The molecule has 0 fully saturated rings. The Hall–Kier alpha value is -1.95. The van der Waals surface area contributed by atoms with Gasteiger partial charge in [0, 0.05) is 19.8 Å². The monoisotopic (exact) mass is 345 g/mol. The number of hydrogen-bond acceptors (Lipinski definition) is 4. The normalized spacial score (nSPS) is 15.2. The molecule has 5 nitrogen and oxygen atoms in total. The van der Waals surface area contributed by atoms with Crippen molar-refractivity contribution in [2.24, 2.45) is 0 Å². The number of rotatable bonds is 7. The summed E-state index contributed by atoms with van der Waals surface area (Å²) in [4.78, 5) is 13.0. The molecule has 1 amide bonds. The number of benzene rings is 2. The fourth-order valence-electron chi connectivity index (χ4n) is 3.28. The van der Waals surface area contributed by atoms with Gasteiger partial charge in [0.1, 0.15) is 0 Å². The number of amides is 1. The molecule has 2 atom stereocenters. The summed E-state index contributed by atoms with van der Waals surface area (Å²) in [6, 6.07) is 11.3. The largest absolute Gasteiger partial charge is 0.375 e. The van der Waals surface area contributed by atoms with E-state index in [1.807, 2.05) is 43.3 Å². The molecule has 0 radical (unpaired) electrons. The molecule has 0 heterocycles. The zero-order valence-electron chi connectivity index (χ0n) is 15.5. The number of carbonyl (C=O) groups is 1. The van der Waals surface area contributed by atoms with Crippen LogP contribution in [0.1, 0.15) is 31.4 Å². The minimum absolute atomic E-state index is 0.255. The summed E-state index contributed by atoms with van der Waals surface area (Å²) in [5.74, 6) is -0.457. The van der Waals surface area contributed by atoms with Gasteiger partial charge in [-0.15, -0.1) is 0 Å². The fourth-order valence-corrected chi connectivity index (χ4v) is 3.28. The van der Waals surface area contributed by atoms with E-state index in [-0.39, 0.29) is 6.42 Å². The van der Waals surface area contributed by atoms with E-state index in [0.717, 1.165) is 16.3 Å². The zero-order chi connectivity index (χ0) is 18.6. The van der Waals surface area contributed by atoms with E-state index >= 15 is 0 Å². The molecule has 0 saturated carbocycles.